The summed E-state index contributed by atoms with van der Waals surface area (Å²) in [7, 11) is 0. The molecule has 0 saturated carbocycles. The van der Waals surface area contributed by atoms with Gasteiger partial charge in [0.25, 0.3) is 5.56 Å². The lowest BCUT2D eigenvalue weighted by Gasteiger charge is -2.24. The van der Waals surface area contributed by atoms with Gasteiger partial charge >= 0.3 is 5.97 Å². The van der Waals surface area contributed by atoms with Crippen molar-refractivity contribution in [3.05, 3.63) is 139 Å². The number of thioether (sulfide) groups is 1. The van der Waals surface area contributed by atoms with E-state index in [4.69, 9.17) is 14.5 Å². The summed E-state index contributed by atoms with van der Waals surface area (Å²) in [4.78, 5) is 33.6. The van der Waals surface area contributed by atoms with Gasteiger partial charge in [-0.2, -0.15) is 0 Å². The molecule has 5 aromatic rings. The van der Waals surface area contributed by atoms with Crippen LogP contribution in [0.1, 0.15) is 36.6 Å². The van der Waals surface area contributed by atoms with Crippen LogP contribution in [0.2, 0.25) is 0 Å². The van der Waals surface area contributed by atoms with Crippen LogP contribution in [-0.2, 0) is 16.1 Å². The standard InChI is InChI=1S/C35H30N2O4S2/c1-4-40-34(39)31-22(2)36-35-37(32(31)24-16-18-27(42-3)19-17-24)33(38)30(43-35)20-25-11-6-8-15-29(25)41-21-26-13-9-12-23-10-5-7-14-28(23)26/h5-20,32H,4,21H2,1-3H3/b30-20-/t32-/m1/s1. The third kappa shape index (κ3) is 5.68. The molecule has 0 N–H and O–H groups in total. The van der Waals surface area contributed by atoms with Crippen LogP contribution < -0.4 is 19.6 Å². The number of hydrogen-bond acceptors (Lipinski definition) is 7. The Kier molecular flexibility index (Phi) is 8.31. The number of benzene rings is 4. The molecule has 8 heteroatoms. The molecule has 216 valence electrons. The number of aromatic nitrogens is 1. The van der Waals surface area contributed by atoms with Crippen molar-refractivity contribution >= 4 is 45.9 Å². The average Bonchev–Trinajstić information content (AvgIpc) is 3.33. The van der Waals surface area contributed by atoms with Gasteiger partial charge in [-0.1, -0.05) is 84.1 Å². The summed E-state index contributed by atoms with van der Waals surface area (Å²) in [6.45, 7) is 4.18. The second-order valence-electron chi connectivity index (χ2n) is 10.0. The lowest BCUT2D eigenvalue weighted by atomic mass is 9.96. The lowest BCUT2D eigenvalue weighted by molar-refractivity contribution is -0.139. The fraction of sp³-hybridized carbons (Fsp3) is 0.171. The number of rotatable bonds is 8. The Morgan fingerprint density at radius 3 is 2.53 bits per heavy atom. The number of thiazole rings is 1. The molecule has 1 aliphatic rings. The van der Waals surface area contributed by atoms with Gasteiger partial charge in [-0.15, -0.1) is 11.8 Å². The summed E-state index contributed by atoms with van der Waals surface area (Å²) in [5.74, 6) is 0.207. The van der Waals surface area contributed by atoms with E-state index in [1.807, 2.05) is 79.1 Å². The second-order valence-corrected chi connectivity index (χ2v) is 11.9. The number of hydrogen-bond donors (Lipinski definition) is 0. The van der Waals surface area contributed by atoms with E-state index in [-0.39, 0.29) is 12.2 Å². The minimum absolute atomic E-state index is 0.221. The zero-order chi connectivity index (χ0) is 29.9. The van der Waals surface area contributed by atoms with Gasteiger partial charge in [-0.25, -0.2) is 9.79 Å². The summed E-state index contributed by atoms with van der Waals surface area (Å²) in [5.41, 5.74) is 3.39. The van der Waals surface area contributed by atoms with Crippen LogP contribution in [0.25, 0.3) is 16.8 Å². The van der Waals surface area contributed by atoms with E-state index in [9.17, 15) is 9.59 Å². The van der Waals surface area contributed by atoms with Gasteiger partial charge in [0.15, 0.2) is 4.80 Å². The smallest absolute Gasteiger partial charge is 0.338 e. The molecule has 1 aromatic heterocycles. The summed E-state index contributed by atoms with van der Waals surface area (Å²) >= 11 is 2.93. The molecule has 0 amide bonds. The molecule has 0 aliphatic carbocycles. The quantitative estimate of drug-likeness (QED) is 0.154. The predicted molar refractivity (Wildman–Crippen MR) is 173 cm³/mol. The van der Waals surface area contributed by atoms with E-state index >= 15 is 0 Å². The largest absolute Gasteiger partial charge is 0.488 e. The second kappa shape index (κ2) is 12.5. The molecule has 0 radical (unpaired) electrons. The van der Waals surface area contributed by atoms with Crippen molar-refractivity contribution in [1.82, 2.24) is 4.57 Å². The van der Waals surface area contributed by atoms with Crippen molar-refractivity contribution in [3.8, 4) is 5.75 Å². The first kappa shape index (κ1) is 28.7. The first-order valence-corrected chi connectivity index (χ1v) is 16.0. The average molecular weight is 607 g/mol. The van der Waals surface area contributed by atoms with E-state index in [1.165, 1.54) is 11.3 Å². The molecule has 0 spiro atoms. The van der Waals surface area contributed by atoms with Crippen molar-refractivity contribution in [2.45, 2.75) is 31.4 Å². The van der Waals surface area contributed by atoms with Crippen LogP contribution in [0.15, 0.2) is 117 Å². The lowest BCUT2D eigenvalue weighted by Crippen LogP contribution is -2.39. The Balaban J connectivity index is 1.41. The van der Waals surface area contributed by atoms with Crippen LogP contribution in [0, 0.1) is 0 Å². The highest BCUT2D eigenvalue weighted by molar-refractivity contribution is 7.98. The Bertz CT molecular complexity index is 2040. The van der Waals surface area contributed by atoms with Gasteiger partial charge < -0.3 is 9.47 Å². The number of allylic oxidation sites excluding steroid dienone is 1. The van der Waals surface area contributed by atoms with E-state index < -0.39 is 12.0 Å². The van der Waals surface area contributed by atoms with Gasteiger partial charge in [-0.3, -0.25) is 9.36 Å². The number of nitrogens with zero attached hydrogens (tertiary/aromatic N) is 2. The highest BCUT2D eigenvalue weighted by Crippen LogP contribution is 2.32. The monoisotopic (exact) mass is 606 g/mol. The van der Waals surface area contributed by atoms with E-state index in [1.54, 1.807) is 30.2 Å². The Hall–Kier alpha value is -4.40. The summed E-state index contributed by atoms with van der Waals surface area (Å²) in [6, 6.07) is 29.4. The number of fused-ring (bicyclic) bond motifs is 2. The van der Waals surface area contributed by atoms with Gasteiger partial charge in [0.05, 0.1) is 28.5 Å². The summed E-state index contributed by atoms with van der Waals surface area (Å²) in [6.07, 6.45) is 3.86. The molecule has 0 bridgehead atoms. The topological polar surface area (TPSA) is 69.9 Å². The van der Waals surface area contributed by atoms with Crippen LogP contribution in [0.5, 0.6) is 5.75 Å². The Morgan fingerprint density at radius 1 is 1.00 bits per heavy atom. The van der Waals surface area contributed by atoms with Gasteiger partial charge in [0.2, 0.25) is 0 Å². The van der Waals surface area contributed by atoms with Crippen molar-refractivity contribution < 1.29 is 14.3 Å². The fourth-order valence-electron chi connectivity index (χ4n) is 5.34. The molecule has 0 fully saturated rings. The SMILES string of the molecule is CCOC(=O)C1=C(C)N=c2s/c(=C\c3ccccc3OCc3cccc4ccccc34)c(=O)n2[C@@H]1c1ccc(SC)cc1. The first-order valence-electron chi connectivity index (χ1n) is 14.0. The maximum Gasteiger partial charge on any atom is 0.338 e. The van der Waals surface area contributed by atoms with Crippen molar-refractivity contribution in [3.63, 3.8) is 0 Å². The molecule has 43 heavy (non-hydrogen) atoms. The van der Waals surface area contributed by atoms with Crippen LogP contribution in [0.3, 0.4) is 0 Å². The third-order valence-electron chi connectivity index (χ3n) is 7.42. The molecule has 0 saturated heterocycles. The van der Waals surface area contributed by atoms with E-state index in [2.05, 4.69) is 24.3 Å². The van der Waals surface area contributed by atoms with Crippen molar-refractivity contribution in [2.75, 3.05) is 12.9 Å². The number of para-hydroxylation sites is 1. The van der Waals surface area contributed by atoms with E-state index in [0.29, 0.717) is 33.0 Å². The van der Waals surface area contributed by atoms with Crippen LogP contribution in [0.4, 0.5) is 0 Å². The van der Waals surface area contributed by atoms with Gasteiger partial charge in [0.1, 0.15) is 12.4 Å². The van der Waals surface area contributed by atoms with Crippen LogP contribution in [-0.4, -0.2) is 23.4 Å². The van der Waals surface area contributed by atoms with Crippen molar-refractivity contribution in [2.24, 2.45) is 4.99 Å². The van der Waals surface area contributed by atoms with Crippen LogP contribution >= 0.6 is 23.1 Å². The van der Waals surface area contributed by atoms with Gasteiger partial charge in [-0.05, 0) is 66.3 Å². The molecule has 0 unspecified atom stereocenters. The molecule has 2 heterocycles. The number of carbonyl (C=O) groups excluding carboxylic acids is 1. The molecular weight excluding hydrogens is 577 g/mol. The minimum atomic E-state index is -0.647. The third-order valence-corrected chi connectivity index (χ3v) is 9.14. The first-order chi connectivity index (χ1) is 21.0. The summed E-state index contributed by atoms with van der Waals surface area (Å²) < 4.78 is 13.9. The fourth-order valence-corrected chi connectivity index (χ4v) is 6.79. The van der Waals surface area contributed by atoms with Crippen molar-refractivity contribution in [1.29, 1.82) is 0 Å². The summed E-state index contributed by atoms with van der Waals surface area (Å²) in [5, 5.41) is 2.31. The molecule has 4 aromatic carbocycles. The number of ether oxygens (including phenoxy) is 2. The Labute approximate surface area is 257 Å². The maximum atomic E-state index is 14.1. The molecule has 1 aliphatic heterocycles. The molecule has 1 atom stereocenters. The zero-order valence-corrected chi connectivity index (χ0v) is 25.7. The highest BCUT2D eigenvalue weighted by Gasteiger charge is 2.33. The number of carbonyl (C=O) groups is 1. The minimum Gasteiger partial charge on any atom is -0.488 e. The normalized spacial score (nSPS) is 14.9. The molecular formula is C35H30N2O4S2. The molecule has 6 nitrogen and oxygen atoms in total. The van der Waals surface area contributed by atoms with Gasteiger partial charge in [0, 0.05) is 10.5 Å². The highest BCUT2D eigenvalue weighted by atomic mass is 32.2. The Morgan fingerprint density at radius 2 is 1.74 bits per heavy atom. The predicted octanol–water partition coefficient (Wildman–Crippen LogP) is 6.25. The van der Waals surface area contributed by atoms with E-state index in [0.717, 1.165) is 32.4 Å². The maximum absolute atomic E-state index is 14.1. The zero-order valence-electron chi connectivity index (χ0n) is 24.1. The molecule has 6 rings (SSSR count). The number of esters is 1.